The molecule has 0 bridgehead atoms. The number of nitrogens with one attached hydrogen (secondary N) is 1. The van der Waals surface area contributed by atoms with E-state index < -0.39 is 0 Å². The molecule has 1 heterocycles. The minimum absolute atomic E-state index is 0. The minimum Gasteiger partial charge on any atom is -0.310 e. The molecule has 19 heavy (non-hydrogen) atoms. The number of aryl methyl sites for hydroxylation is 1. The number of hydrogen-bond donors (Lipinski definition) is 1. The molecular weight excluding hydrogens is 254 g/mol. The lowest BCUT2D eigenvalue weighted by Crippen LogP contribution is -2.12. The van der Waals surface area contributed by atoms with Crippen molar-refractivity contribution in [1.82, 2.24) is 5.32 Å². The summed E-state index contributed by atoms with van der Waals surface area (Å²) in [7, 11) is 0. The second-order valence-electron chi connectivity index (χ2n) is 5.14. The second kappa shape index (κ2) is 6.23. The van der Waals surface area contributed by atoms with E-state index in [1.54, 1.807) is 0 Å². The van der Waals surface area contributed by atoms with Gasteiger partial charge in [-0.1, -0.05) is 54.1 Å². The van der Waals surface area contributed by atoms with Gasteiger partial charge >= 0.3 is 0 Å². The molecule has 1 N–H and O–H groups in total. The molecule has 0 aromatic heterocycles. The Balaban J connectivity index is 0.00000133. The highest BCUT2D eigenvalue weighted by Gasteiger charge is 2.15. The molecule has 3 rings (SSSR count). The number of rotatable bonds is 2. The standard InChI is InChI=1S/C17H19N.ClH/c1-13-4-6-14(7-5-13)15-8-10-16(11-9-15)17-3-2-12-18-17;/h4-11,17-18H,2-3,12H2,1H3;1H. The molecule has 2 heteroatoms. The Kier molecular flexibility index (Phi) is 4.62. The first-order valence-corrected chi connectivity index (χ1v) is 6.73. The molecule has 1 aliphatic rings. The molecule has 100 valence electrons. The van der Waals surface area contributed by atoms with Crippen molar-refractivity contribution in [2.45, 2.75) is 25.8 Å². The summed E-state index contributed by atoms with van der Waals surface area (Å²) in [5, 5.41) is 3.54. The van der Waals surface area contributed by atoms with Crippen LogP contribution in [0.25, 0.3) is 11.1 Å². The Morgan fingerprint density at radius 2 is 1.47 bits per heavy atom. The van der Waals surface area contributed by atoms with Gasteiger partial charge in [0.2, 0.25) is 0 Å². The lowest BCUT2D eigenvalue weighted by molar-refractivity contribution is 0.648. The largest absolute Gasteiger partial charge is 0.310 e. The molecule has 0 aliphatic carbocycles. The minimum atomic E-state index is 0. The van der Waals surface area contributed by atoms with Gasteiger partial charge in [0, 0.05) is 6.04 Å². The first-order valence-electron chi connectivity index (χ1n) is 6.73. The van der Waals surface area contributed by atoms with Crippen LogP contribution in [0.2, 0.25) is 0 Å². The van der Waals surface area contributed by atoms with Crippen molar-refractivity contribution in [3.63, 3.8) is 0 Å². The molecule has 2 aromatic rings. The van der Waals surface area contributed by atoms with E-state index in [0.717, 1.165) is 6.54 Å². The summed E-state index contributed by atoms with van der Waals surface area (Å²) >= 11 is 0. The van der Waals surface area contributed by atoms with Gasteiger partial charge in [-0.05, 0) is 43.0 Å². The molecule has 1 atom stereocenters. The van der Waals surface area contributed by atoms with Gasteiger partial charge in [-0.2, -0.15) is 0 Å². The Morgan fingerprint density at radius 3 is 2.00 bits per heavy atom. The van der Waals surface area contributed by atoms with Crippen molar-refractivity contribution in [2.75, 3.05) is 6.54 Å². The molecule has 0 spiro atoms. The third-order valence-electron chi connectivity index (χ3n) is 3.76. The average molecular weight is 274 g/mol. The van der Waals surface area contributed by atoms with Crippen molar-refractivity contribution in [1.29, 1.82) is 0 Å². The molecule has 1 fully saturated rings. The van der Waals surface area contributed by atoms with E-state index in [2.05, 4.69) is 60.8 Å². The normalized spacial score (nSPS) is 18.1. The van der Waals surface area contributed by atoms with Crippen molar-refractivity contribution in [2.24, 2.45) is 0 Å². The highest BCUT2D eigenvalue weighted by atomic mass is 35.5. The maximum atomic E-state index is 3.54. The van der Waals surface area contributed by atoms with Gasteiger partial charge < -0.3 is 5.32 Å². The van der Waals surface area contributed by atoms with Crippen LogP contribution in [0.3, 0.4) is 0 Å². The van der Waals surface area contributed by atoms with Gasteiger partial charge in [0.05, 0.1) is 0 Å². The molecule has 0 radical (unpaired) electrons. The molecule has 1 nitrogen and oxygen atoms in total. The van der Waals surface area contributed by atoms with Crippen LogP contribution in [0.1, 0.15) is 30.0 Å². The van der Waals surface area contributed by atoms with Crippen LogP contribution >= 0.6 is 12.4 Å². The number of hydrogen-bond acceptors (Lipinski definition) is 1. The summed E-state index contributed by atoms with van der Waals surface area (Å²) in [6.45, 7) is 3.28. The predicted molar refractivity (Wildman–Crippen MR) is 83.8 cm³/mol. The Labute approximate surface area is 121 Å². The fourth-order valence-corrected chi connectivity index (χ4v) is 2.62. The number of benzene rings is 2. The smallest absolute Gasteiger partial charge is 0.0320 e. The molecule has 1 unspecified atom stereocenters. The first-order chi connectivity index (χ1) is 8.83. The zero-order valence-corrected chi connectivity index (χ0v) is 12.0. The Hall–Kier alpha value is -1.31. The van der Waals surface area contributed by atoms with Gasteiger partial charge in [-0.25, -0.2) is 0 Å². The first kappa shape index (κ1) is 14.1. The maximum Gasteiger partial charge on any atom is 0.0320 e. The van der Waals surface area contributed by atoms with Gasteiger partial charge in [0.15, 0.2) is 0 Å². The van der Waals surface area contributed by atoms with Gasteiger partial charge in [-0.15, -0.1) is 12.4 Å². The van der Waals surface area contributed by atoms with Crippen molar-refractivity contribution < 1.29 is 0 Å². The highest BCUT2D eigenvalue weighted by Crippen LogP contribution is 2.26. The summed E-state index contributed by atoms with van der Waals surface area (Å²) in [6.07, 6.45) is 2.56. The monoisotopic (exact) mass is 273 g/mol. The lowest BCUT2D eigenvalue weighted by atomic mass is 9.99. The summed E-state index contributed by atoms with van der Waals surface area (Å²) in [5.74, 6) is 0. The Morgan fingerprint density at radius 1 is 0.895 bits per heavy atom. The second-order valence-corrected chi connectivity index (χ2v) is 5.14. The number of halogens is 1. The topological polar surface area (TPSA) is 12.0 Å². The van der Waals surface area contributed by atoms with E-state index in [1.807, 2.05) is 0 Å². The van der Waals surface area contributed by atoms with Crippen molar-refractivity contribution >= 4 is 12.4 Å². The van der Waals surface area contributed by atoms with E-state index in [1.165, 1.54) is 35.1 Å². The van der Waals surface area contributed by atoms with Gasteiger partial charge in [-0.3, -0.25) is 0 Å². The van der Waals surface area contributed by atoms with E-state index in [-0.39, 0.29) is 12.4 Å². The van der Waals surface area contributed by atoms with E-state index in [9.17, 15) is 0 Å². The van der Waals surface area contributed by atoms with Crippen LogP contribution in [-0.4, -0.2) is 6.54 Å². The molecule has 2 aromatic carbocycles. The summed E-state index contributed by atoms with van der Waals surface area (Å²) in [4.78, 5) is 0. The van der Waals surface area contributed by atoms with Crippen LogP contribution in [0.4, 0.5) is 0 Å². The third-order valence-corrected chi connectivity index (χ3v) is 3.76. The lowest BCUT2D eigenvalue weighted by Gasteiger charge is -2.11. The SMILES string of the molecule is Cc1ccc(-c2ccc(C3CCCN3)cc2)cc1.Cl. The van der Waals surface area contributed by atoms with Crippen LogP contribution in [0.5, 0.6) is 0 Å². The fourth-order valence-electron chi connectivity index (χ4n) is 2.62. The zero-order valence-electron chi connectivity index (χ0n) is 11.2. The van der Waals surface area contributed by atoms with E-state index in [4.69, 9.17) is 0 Å². The van der Waals surface area contributed by atoms with Gasteiger partial charge in [0.25, 0.3) is 0 Å². The summed E-state index contributed by atoms with van der Waals surface area (Å²) in [5.41, 5.74) is 5.33. The maximum absolute atomic E-state index is 3.54. The quantitative estimate of drug-likeness (QED) is 0.849. The molecule has 1 aliphatic heterocycles. The third kappa shape index (κ3) is 3.17. The fraction of sp³-hybridized carbons (Fsp3) is 0.294. The molecule has 1 saturated heterocycles. The predicted octanol–water partition coefficient (Wildman–Crippen LogP) is 4.51. The van der Waals surface area contributed by atoms with Crippen LogP contribution < -0.4 is 5.32 Å². The summed E-state index contributed by atoms with van der Waals surface area (Å²) in [6, 6.07) is 18.3. The molecular formula is C17H20ClN. The highest BCUT2D eigenvalue weighted by molar-refractivity contribution is 5.85. The molecule has 0 saturated carbocycles. The molecule has 0 amide bonds. The van der Waals surface area contributed by atoms with E-state index >= 15 is 0 Å². The van der Waals surface area contributed by atoms with E-state index in [0.29, 0.717) is 6.04 Å². The Bertz CT molecular complexity index is 510. The van der Waals surface area contributed by atoms with Crippen LogP contribution in [0, 0.1) is 6.92 Å². The van der Waals surface area contributed by atoms with Crippen LogP contribution in [-0.2, 0) is 0 Å². The average Bonchev–Trinajstić information content (AvgIpc) is 2.94. The van der Waals surface area contributed by atoms with Crippen molar-refractivity contribution in [3.8, 4) is 11.1 Å². The van der Waals surface area contributed by atoms with Gasteiger partial charge in [0.1, 0.15) is 0 Å². The van der Waals surface area contributed by atoms with Crippen molar-refractivity contribution in [3.05, 3.63) is 59.7 Å². The van der Waals surface area contributed by atoms with Crippen LogP contribution in [0.15, 0.2) is 48.5 Å². The summed E-state index contributed by atoms with van der Waals surface area (Å²) < 4.78 is 0. The zero-order chi connectivity index (χ0) is 12.4.